The molecule has 0 radical (unpaired) electrons. The van der Waals surface area contributed by atoms with Crippen molar-refractivity contribution in [2.75, 3.05) is 6.61 Å². The van der Waals surface area contributed by atoms with Crippen molar-refractivity contribution < 1.29 is 47.6 Å². The van der Waals surface area contributed by atoms with Gasteiger partial charge in [0, 0.05) is 33.3 Å². The fourth-order valence-electron chi connectivity index (χ4n) is 3.80. The zero-order valence-corrected chi connectivity index (χ0v) is 20.2. The molecule has 2 aromatic carbocycles. The molecule has 0 unspecified atom stereocenters. The minimum Gasteiger partial charge on any atom is -0.463 e. The van der Waals surface area contributed by atoms with E-state index in [4.69, 9.17) is 34.8 Å². The number of hydrogen-bond donors (Lipinski definition) is 0. The fourth-order valence-corrected chi connectivity index (χ4v) is 3.80. The summed E-state index contributed by atoms with van der Waals surface area (Å²) < 4.78 is 33.2. The summed E-state index contributed by atoms with van der Waals surface area (Å²) in [4.78, 5) is 47.1. The van der Waals surface area contributed by atoms with E-state index >= 15 is 0 Å². The smallest absolute Gasteiger partial charge is 0.303 e. The van der Waals surface area contributed by atoms with E-state index in [1.165, 1.54) is 6.92 Å². The van der Waals surface area contributed by atoms with Crippen LogP contribution in [0.3, 0.4) is 0 Å². The molecule has 0 N–H and O–H groups in total. The lowest BCUT2D eigenvalue weighted by atomic mass is 9.98. The van der Waals surface area contributed by atoms with Crippen LogP contribution in [0.4, 0.5) is 0 Å². The average Bonchev–Trinajstić information content (AvgIpc) is 2.80. The first kappa shape index (κ1) is 26.5. The number of benzene rings is 2. The molecule has 3 rings (SSSR count). The molecule has 0 spiro atoms. The molecule has 1 saturated heterocycles. The monoisotopic (exact) mass is 498 g/mol. The Morgan fingerprint density at radius 2 is 1.39 bits per heavy atom. The van der Waals surface area contributed by atoms with Gasteiger partial charge in [0.1, 0.15) is 18.5 Å². The first-order valence-electron chi connectivity index (χ1n) is 11.0. The van der Waals surface area contributed by atoms with Crippen molar-refractivity contribution in [3.05, 3.63) is 42.0 Å². The van der Waals surface area contributed by atoms with E-state index in [-0.39, 0.29) is 6.61 Å². The first-order chi connectivity index (χ1) is 17.1. The molecule has 1 fully saturated rings. The Morgan fingerprint density at radius 1 is 0.806 bits per heavy atom. The Morgan fingerprint density at radius 3 is 2.00 bits per heavy atom. The van der Waals surface area contributed by atoms with E-state index in [1.807, 2.05) is 12.1 Å². The summed E-state index contributed by atoms with van der Waals surface area (Å²) in [6.07, 6.45) is -0.832. The Hall–Kier alpha value is -4.10. The van der Waals surface area contributed by atoms with E-state index < -0.39 is 54.6 Å². The highest BCUT2D eigenvalue weighted by molar-refractivity contribution is 5.85. The Labute approximate surface area is 207 Å². The summed E-state index contributed by atoms with van der Waals surface area (Å²) in [7, 11) is 0. The van der Waals surface area contributed by atoms with Crippen molar-refractivity contribution in [1.29, 1.82) is 0 Å². The van der Waals surface area contributed by atoms with Gasteiger partial charge in [-0.15, -0.1) is 6.42 Å². The van der Waals surface area contributed by atoms with Crippen LogP contribution < -0.4 is 4.74 Å². The third-order valence-electron chi connectivity index (χ3n) is 5.18. The van der Waals surface area contributed by atoms with Gasteiger partial charge in [-0.25, -0.2) is 0 Å². The van der Waals surface area contributed by atoms with Gasteiger partial charge in [-0.3, -0.25) is 19.2 Å². The molecule has 0 aromatic heterocycles. The van der Waals surface area contributed by atoms with Gasteiger partial charge in [0.05, 0.1) is 0 Å². The summed E-state index contributed by atoms with van der Waals surface area (Å²) >= 11 is 0. The maximum atomic E-state index is 11.9. The van der Waals surface area contributed by atoms with Crippen LogP contribution in [0.15, 0.2) is 36.4 Å². The second-order valence-electron chi connectivity index (χ2n) is 8.05. The van der Waals surface area contributed by atoms with Gasteiger partial charge in [-0.05, 0) is 35.0 Å². The number of fused-ring (bicyclic) bond motifs is 1. The fraction of sp³-hybridized carbons (Fsp3) is 0.385. The van der Waals surface area contributed by atoms with E-state index in [2.05, 4.69) is 5.92 Å². The number of esters is 4. The second kappa shape index (κ2) is 11.6. The molecule has 10 nitrogen and oxygen atoms in total. The van der Waals surface area contributed by atoms with Crippen LogP contribution >= 0.6 is 0 Å². The molecular formula is C26H26O10. The van der Waals surface area contributed by atoms with Crippen molar-refractivity contribution >= 4 is 34.6 Å². The van der Waals surface area contributed by atoms with Gasteiger partial charge >= 0.3 is 23.9 Å². The highest BCUT2D eigenvalue weighted by Gasteiger charge is 2.53. The lowest BCUT2D eigenvalue weighted by Crippen LogP contribution is -2.63. The topological polar surface area (TPSA) is 124 Å². The zero-order valence-electron chi connectivity index (χ0n) is 20.2. The number of carbonyl (C=O) groups is 4. The minimum absolute atomic E-state index is 0.343. The largest absolute Gasteiger partial charge is 0.463 e. The van der Waals surface area contributed by atoms with Crippen molar-refractivity contribution in [3.8, 4) is 18.1 Å². The third kappa shape index (κ3) is 6.73. The van der Waals surface area contributed by atoms with Crippen LogP contribution in [-0.2, 0) is 42.9 Å². The SMILES string of the molecule is C#Cc1ccc2cc(O[C@H]3O[C@H](COC(C)=O)[C@@H](OC(C)=O)[C@H](OC(C)=O)[C@H]3OC(C)=O)ccc2c1. The van der Waals surface area contributed by atoms with Crippen LogP contribution in [0.2, 0.25) is 0 Å². The van der Waals surface area contributed by atoms with Crippen molar-refractivity contribution in [2.24, 2.45) is 0 Å². The Bertz CT molecular complexity index is 1200. The summed E-state index contributed by atoms with van der Waals surface area (Å²) in [5, 5.41) is 1.69. The predicted octanol–water partition coefficient (Wildman–Crippen LogP) is 2.28. The zero-order chi connectivity index (χ0) is 26.4. The Kier molecular flexibility index (Phi) is 8.51. The molecule has 5 atom stereocenters. The standard InChI is InChI=1S/C26H26O10/c1-6-18-7-8-20-12-21(10-9-19(20)11-18)35-26-25(34-17(5)30)24(33-16(4)29)23(32-15(3)28)22(36-26)13-31-14(2)27/h1,7-12,22-26H,13H2,2-5H3/t22-,23-,24+,25-,26+/m1/s1. The first-order valence-corrected chi connectivity index (χ1v) is 11.0. The lowest BCUT2D eigenvalue weighted by molar-refractivity contribution is -0.288. The highest BCUT2D eigenvalue weighted by atomic mass is 16.7. The van der Waals surface area contributed by atoms with Gasteiger partial charge < -0.3 is 28.4 Å². The molecule has 0 saturated carbocycles. The molecule has 190 valence electrons. The van der Waals surface area contributed by atoms with Crippen LogP contribution in [0.1, 0.15) is 33.3 Å². The Balaban J connectivity index is 1.99. The maximum absolute atomic E-state index is 11.9. The van der Waals surface area contributed by atoms with Gasteiger partial charge in [-0.2, -0.15) is 0 Å². The van der Waals surface area contributed by atoms with Crippen LogP contribution in [0.25, 0.3) is 10.8 Å². The highest BCUT2D eigenvalue weighted by Crippen LogP contribution is 2.32. The lowest BCUT2D eigenvalue weighted by Gasteiger charge is -2.43. The summed E-state index contributed by atoms with van der Waals surface area (Å²) in [6.45, 7) is 4.31. The second-order valence-corrected chi connectivity index (χ2v) is 8.05. The molecule has 1 aliphatic rings. The number of rotatable bonds is 7. The van der Waals surface area contributed by atoms with Crippen molar-refractivity contribution in [1.82, 2.24) is 0 Å². The van der Waals surface area contributed by atoms with E-state index in [1.54, 1.807) is 24.3 Å². The molecule has 36 heavy (non-hydrogen) atoms. The maximum Gasteiger partial charge on any atom is 0.303 e. The molecule has 10 heteroatoms. The van der Waals surface area contributed by atoms with Gasteiger partial charge in [0.25, 0.3) is 0 Å². The van der Waals surface area contributed by atoms with Gasteiger partial charge in [-0.1, -0.05) is 18.1 Å². The number of carbonyl (C=O) groups excluding carboxylic acids is 4. The van der Waals surface area contributed by atoms with E-state index in [9.17, 15) is 19.2 Å². The normalized spacial score (nSPS) is 23.1. The molecule has 1 aliphatic heterocycles. The molecule has 0 amide bonds. The van der Waals surface area contributed by atoms with Crippen LogP contribution in [-0.4, -0.2) is 61.2 Å². The number of ether oxygens (including phenoxy) is 6. The average molecular weight is 498 g/mol. The van der Waals surface area contributed by atoms with Crippen LogP contribution in [0.5, 0.6) is 5.75 Å². The summed E-state index contributed by atoms with van der Waals surface area (Å²) in [6, 6.07) is 10.6. The van der Waals surface area contributed by atoms with Crippen molar-refractivity contribution in [2.45, 2.75) is 58.4 Å². The quantitative estimate of drug-likeness (QED) is 0.319. The number of hydrogen-bond acceptors (Lipinski definition) is 10. The van der Waals surface area contributed by atoms with E-state index in [0.29, 0.717) is 5.75 Å². The predicted molar refractivity (Wildman–Crippen MR) is 124 cm³/mol. The summed E-state index contributed by atoms with van der Waals surface area (Å²) in [5.41, 5.74) is 0.718. The molecule has 2 aromatic rings. The van der Waals surface area contributed by atoms with E-state index in [0.717, 1.165) is 37.1 Å². The van der Waals surface area contributed by atoms with Gasteiger partial charge in [0.15, 0.2) is 12.2 Å². The molecule has 1 heterocycles. The molecule has 0 aliphatic carbocycles. The van der Waals surface area contributed by atoms with Crippen molar-refractivity contribution in [3.63, 3.8) is 0 Å². The molecular weight excluding hydrogens is 472 g/mol. The molecule has 0 bridgehead atoms. The minimum atomic E-state index is -1.32. The van der Waals surface area contributed by atoms with Gasteiger partial charge in [0.2, 0.25) is 12.4 Å². The number of terminal acetylenes is 1. The summed E-state index contributed by atoms with van der Waals surface area (Å²) in [5.74, 6) is 0.159. The third-order valence-corrected chi connectivity index (χ3v) is 5.18. The van der Waals surface area contributed by atoms with Crippen LogP contribution in [0, 0.1) is 12.3 Å².